The first kappa shape index (κ1) is 17.1. The summed E-state index contributed by atoms with van der Waals surface area (Å²) in [4.78, 5) is 26.5. The van der Waals surface area contributed by atoms with Crippen molar-refractivity contribution in [1.82, 2.24) is 15.1 Å². The number of carbonyl (C=O) groups is 2. The Morgan fingerprint density at radius 3 is 2.70 bits per heavy atom. The zero-order valence-corrected chi connectivity index (χ0v) is 13.4. The summed E-state index contributed by atoms with van der Waals surface area (Å²) in [5.41, 5.74) is 0.870. The molecule has 1 aromatic carbocycles. The Kier molecular flexibility index (Phi) is 5.78. The van der Waals surface area contributed by atoms with Crippen LogP contribution in [0.3, 0.4) is 0 Å². The predicted octanol–water partition coefficient (Wildman–Crippen LogP) is 2.01. The number of amides is 3. The Hall–Kier alpha value is -2.31. The molecule has 126 valence electrons. The highest BCUT2D eigenvalue weighted by Crippen LogP contribution is 2.21. The van der Waals surface area contributed by atoms with E-state index in [0.29, 0.717) is 0 Å². The molecule has 1 N–H and O–H groups in total. The van der Waals surface area contributed by atoms with Gasteiger partial charge in [0.25, 0.3) is 0 Å². The van der Waals surface area contributed by atoms with Crippen LogP contribution in [0.1, 0.15) is 12.0 Å². The lowest BCUT2D eigenvalue weighted by Gasteiger charge is -2.24. The Morgan fingerprint density at radius 1 is 1.35 bits per heavy atom. The van der Waals surface area contributed by atoms with Crippen molar-refractivity contribution in [1.29, 1.82) is 0 Å². The zero-order chi connectivity index (χ0) is 16.8. The first-order valence-corrected chi connectivity index (χ1v) is 7.54. The van der Waals surface area contributed by atoms with E-state index < -0.39 is 18.3 Å². The minimum atomic E-state index is -1.10. The van der Waals surface area contributed by atoms with Gasteiger partial charge in [0.1, 0.15) is 12.8 Å². The van der Waals surface area contributed by atoms with Gasteiger partial charge in [-0.2, -0.15) is 0 Å². The van der Waals surface area contributed by atoms with Gasteiger partial charge in [0.2, 0.25) is 0 Å². The number of alkyl halides is 1. The van der Waals surface area contributed by atoms with Crippen LogP contribution in [0.15, 0.2) is 30.3 Å². The number of halogens is 1. The van der Waals surface area contributed by atoms with E-state index in [1.165, 1.54) is 9.80 Å². The second-order valence-corrected chi connectivity index (χ2v) is 5.76. The van der Waals surface area contributed by atoms with Gasteiger partial charge in [0, 0.05) is 27.1 Å². The average Bonchev–Trinajstić information content (AvgIpc) is 2.92. The molecule has 2 atom stereocenters. The van der Waals surface area contributed by atoms with E-state index >= 15 is 0 Å². The molecule has 6 nitrogen and oxygen atoms in total. The van der Waals surface area contributed by atoms with Crippen molar-refractivity contribution < 1.29 is 18.7 Å². The summed E-state index contributed by atoms with van der Waals surface area (Å²) in [6, 6.07) is 8.63. The lowest BCUT2D eigenvalue weighted by atomic mass is 10.2. The molecule has 0 radical (unpaired) electrons. The number of benzene rings is 1. The van der Waals surface area contributed by atoms with Gasteiger partial charge in [-0.1, -0.05) is 30.3 Å². The molecule has 1 saturated heterocycles. The molecule has 1 heterocycles. The summed E-state index contributed by atoms with van der Waals surface area (Å²) in [6.07, 6.45) is -1.45. The van der Waals surface area contributed by atoms with E-state index in [1.807, 2.05) is 30.3 Å². The molecule has 0 spiro atoms. The van der Waals surface area contributed by atoms with Crippen molar-refractivity contribution in [2.45, 2.75) is 25.2 Å². The van der Waals surface area contributed by atoms with Crippen molar-refractivity contribution in [2.24, 2.45) is 0 Å². The van der Waals surface area contributed by atoms with Crippen molar-refractivity contribution >= 4 is 12.1 Å². The number of carbonyl (C=O) groups excluding carboxylic acids is 2. The highest BCUT2D eigenvalue weighted by molar-refractivity contribution is 5.73. The second kappa shape index (κ2) is 7.80. The lowest BCUT2D eigenvalue weighted by molar-refractivity contribution is 0.0904. The third kappa shape index (κ3) is 4.84. The number of hydrogen-bond acceptors (Lipinski definition) is 3. The van der Waals surface area contributed by atoms with Crippen molar-refractivity contribution in [3.05, 3.63) is 35.9 Å². The van der Waals surface area contributed by atoms with E-state index in [2.05, 4.69) is 5.32 Å². The summed E-state index contributed by atoms with van der Waals surface area (Å²) >= 11 is 0. The molecule has 1 aliphatic heterocycles. The van der Waals surface area contributed by atoms with Crippen LogP contribution in [0, 0.1) is 0 Å². The summed E-state index contributed by atoms with van der Waals surface area (Å²) in [7, 11) is 3.24. The molecule has 0 saturated carbocycles. The molecule has 0 unspecified atom stereocenters. The number of nitrogens with zero attached hydrogens (tertiary/aromatic N) is 2. The summed E-state index contributed by atoms with van der Waals surface area (Å²) < 4.78 is 18.9. The number of hydrogen-bond donors (Lipinski definition) is 1. The maximum atomic E-state index is 13.7. The SMILES string of the molecule is CN(C)C(=O)NC[C@@H]1C[C@H](F)CN1C(=O)OCc1ccccc1. The van der Waals surface area contributed by atoms with Crippen molar-refractivity contribution in [3.63, 3.8) is 0 Å². The van der Waals surface area contributed by atoms with Crippen LogP contribution in [0.4, 0.5) is 14.0 Å². The largest absolute Gasteiger partial charge is 0.445 e. The van der Waals surface area contributed by atoms with E-state index in [9.17, 15) is 14.0 Å². The second-order valence-electron chi connectivity index (χ2n) is 5.76. The van der Waals surface area contributed by atoms with E-state index in [-0.39, 0.29) is 32.1 Å². The number of nitrogens with one attached hydrogen (secondary N) is 1. The summed E-state index contributed by atoms with van der Waals surface area (Å²) in [6.45, 7) is 0.345. The fourth-order valence-electron chi connectivity index (χ4n) is 2.44. The standard InChI is InChI=1S/C16H22FN3O3/c1-19(2)15(21)18-9-14-8-13(17)10-20(14)16(22)23-11-12-6-4-3-5-7-12/h3-7,13-14H,8-11H2,1-2H3,(H,18,21)/t13-,14-/m0/s1. The van der Waals surface area contributed by atoms with Crippen molar-refractivity contribution in [3.8, 4) is 0 Å². The number of ether oxygens (including phenoxy) is 1. The first-order chi connectivity index (χ1) is 11.0. The maximum absolute atomic E-state index is 13.7. The van der Waals surface area contributed by atoms with E-state index in [0.717, 1.165) is 5.56 Å². The average molecular weight is 323 g/mol. The van der Waals surface area contributed by atoms with Crippen LogP contribution >= 0.6 is 0 Å². The first-order valence-electron chi connectivity index (χ1n) is 7.54. The molecular formula is C16H22FN3O3. The molecule has 0 aromatic heterocycles. The molecule has 7 heteroatoms. The van der Waals surface area contributed by atoms with Gasteiger partial charge in [-0.3, -0.25) is 0 Å². The van der Waals surface area contributed by atoms with Crippen LogP contribution in [-0.4, -0.2) is 61.3 Å². The van der Waals surface area contributed by atoms with Crippen LogP contribution in [0.25, 0.3) is 0 Å². The molecule has 0 bridgehead atoms. The maximum Gasteiger partial charge on any atom is 0.410 e. The molecule has 1 aromatic rings. The normalized spacial score (nSPS) is 20.2. The van der Waals surface area contributed by atoms with Crippen LogP contribution in [0.2, 0.25) is 0 Å². The molecule has 23 heavy (non-hydrogen) atoms. The topological polar surface area (TPSA) is 61.9 Å². The third-order valence-corrected chi connectivity index (χ3v) is 3.70. The minimum Gasteiger partial charge on any atom is -0.445 e. The molecule has 1 fully saturated rings. The van der Waals surface area contributed by atoms with Gasteiger partial charge < -0.3 is 19.9 Å². The molecule has 2 rings (SSSR count). The Labute approximate surface area is 135 Å². The zero-order valence-electron chi connectivity index (χ0n) is 13.4. The molecule has 0 aliphatic carbocycles. The minimum absolute atomic E-state index is 0.00384. The van der Waals surface area contributed by atoms with E-state index in [1.54, 1.807) is 14.1 Å². The van der Waals surface area contributed by atoms with Gasteiger partial charge >= 0.3 is 12.1 Å². The highest BCUT2D eigenvalue weighted by Gasteiger charge is 2.36. The Bertz CT molecular complexity index is 539. The van der Waals surface area contributed by atoms with Crippen LogP contribution in [-0.2, 0) is 11.3 Å². The number of rotatable bonds is 4. The lowest BCUT2D eigenvalue weighted by Crippen LogP contribution is -2.45. The fraction of sp³-hybridized carbons (Fsp3) is 0.500. The van der Waals surface area contributed by atoms with Crippen LogP contribution in [0.5, 0.6) is 0 Å². The van der Waals surface area contributed by atoms with Crippen LogP contribution < -0.4 is 5.32 Å². The quantitative estimate of drug-likeness (QED) is 0.922. The fourth-order valence-corrected chi connectivity index (χ4v) is 2.44. The predicted molar refractivity (Wildman–Crippen MR) is 83.7 cm³/mol. The molecular weight excluding hydrogens is 301 g/mol. The smallest absolute Gasteiger partial charge is 0.410 e. The van der Waals surface area contributed by atoms with Crippen molar-refractivity contribution in [2.75, 3.05) is 27.2 Å². The van der Waals surface area contributed by atoms with Gasteiger partial charge in [-0.15, -0.1) is 0 Å². The summed E-state index contributed by atoms with van der Waals surface area (Å²) in [5.74, 6) is 0. The van der Waals surface area contributed by atoms with E-state index in [4.69, 9.17) is 4.74 Å². The Morgan fingerprint density at radius 2 is 2.04 bits per heavy atom. The van der Waals surface area contributed by atoms with Gasteiger partial charge in [0.15, 0.2) is 0 Å². The summed E-state index contributed by atoms with van der Waals surface area (Å²) in [5, 5.41) is 2.67. The monoisotopic (exact) mass is 323 g/mol. The van der Waals surface area contributed by atoms with Gasteiger partial charge in [0.05, 0.1) is 12.6 Å². The Balaban J connectivity index is 1.87. The van der Waals surface area contributed by atoms with Gasteiger partial charge in [-0.05, 0) is 5.56 Å². The van der Waals surface area contributed by atoms with Gasteiger partial charge in [-0.25, -0.2) is 14.0 Å². The number of urea groups is 1. The molecule has 3 amide bonds. The highest BCUT2D eigenvalue weighted by atomic mass is 19.1. The third-order valence-electron chi connectivity index (χ3n) is 3.70. The number of likely N-dealkylation sites (tertiary alicyclic amines) is 1. The molecule has 1 aliphatic rings.